The van der Waals surface area contributed by atoms with E-state index in [0.717, 1.165) is 12.0 Å². The van der Waals surface area contributed by atoms with Crippen molar-refractivity contribution in [1.29, 1.82) is 0 Å². The summed E-state index contributed by atoms with van der Waals surface area (Å²) in [6.07, 6.45) is 0.751. The molecule has 2 aromatic rings. The molecule has 0 fully saturated rings. The molecule has 0 heterocycles. The number of methoxy groups -OCH3 is 1. The summed E-state index contributed by atoms with van der Waals surface area (Å²) in [4.78, 5) is 27.1. The summed E-state index contributed by atoms with van der Waals surface area (Å²) < 4.78 is 5.25. The van der Waals surface area contributed by atoms with E-state index in [9.17, 15) is 9.59 Å². The average Bonchev–Trinajstić information content (AvgIpc) is 2.72. The quantitative estimate of drug-likeness (QED) is 0.650. The van der Waals surface area contributed by atoms with Crippen molar-refractivity contribution in [3.63, 3.8) is 0 Å². The third-order valence-corrected chi connectivity index (χ3v) is 4.63. The van der Waals surface area contributed by atoms with Crippen molar-refractivity contribution in [2.24, 2.45) is 11.7 Å². The number of anilines is 1. The summed E-state index contributed by atoms with van der Waals surface area (Å²) in [5.41, 5.74) is 7.78. The van der Waals surface area contributed by atoms with E-state index >= 15 is 0 Å². The van der Waals surface area contributed by atoms with Crippen LogP contribution in [0.2, 0.25) is 0 Å². The van der Waals surface area contributed by atoms with Gasteiger partial charge in [-0.05, 0) is 24.1 Å². The second kappa shape index (κ2) is 12.1. The van der Waals surface area contributed by atoms with Crippen molar-refractivity contribution < 1.29 is 14.3 Å². The van der Waals surface area contributed by atoms with E-state index < -0.39 is 12.0 Å². The van der Waals surface area contributed by atoms with Crippen molar-refractivity contribution in [3.8, 4) is 5.75 Å². The Kier molecular flexibility index (Phi) is 10.2. The summed E-state index contributed by atoms with van der Waals surface area (Å²) in [6, 6.07) is 16.3. The summed E-state index contributed by atoms with van der Waals surface area (Å²) >= 11 is 0. The smallest absolute Gasteiger partial charge is 0.244 e. The molecule has 29 heavy (non-hydrogen) atoms. The van der Waals surface area contributed by atoms with Gasteiger partial charge in [-0.3, -0.25) is 9.59 Å². The molecule has 0 aliphatic carbocycles. The zero-order valence-electron chi connectivity index (χ0n) is 17.1. The number of ether oxygens (including phenoxy) is 1. The molecule has 0 saturated carbocycles. The molecule has 0 saturated heterocycles. The summed E-state index contributed by atoms with van der Waals surface area (Å²) in [5, 5.41) is 2.82. The van der Waals surface area contributed by atoms with Gasteiger partial charge in [-0.1, -0.05) is 56.3 Å². The first-order valence-corrected chi connectivity index (χ1v) is 9.50. The predicted octanol–water partition coefficient (Wildman–Crippen LogP) is 3.63. The van der Waals surface area contributed by atoms with Crippen LogP contribution in [0.1, 0.15) is 31.9 Å². The minimum atomic E-state index is -0.437. The lowest BCUT2D eigenvalue weighted by atomic mass is 9.94. The Morgan fingerprint density at radius 1 is 1.10 bits per heavy atom. The molecular formula is C22H30ClN3O3. The first kappa shape index (κ1) is 24.5. The van der Waals surface area contributed by atoms with Gasteiger partial charge in [0.15, 0.2) is 0 Å². The second-order valence-corrected chi connectivity index (χ2v) is 6.73. The van der Waals surface area contributed by atoms with Gasteiger partial charge in [0.25, 0.3) is 0 Å². The fourth-order valence-corrected chi connectivity index (χ4v) is 3.05. The molecule has 0 bridgehead atoms. The van der Waals surface area contributed by atoms with Crippen LogP contribution < -0.4 is 15.8 Å². The average molecular weight is 420 g/mol. The number of nitrogens with one attached hydrogen (secondary N) is 1. The number of halogens is 1. The fourth-order valence-electron chi connectivity index (χ4n) is 3.05. The van der Waals surface area contributed by atoms with Crippen molar-refractivity contribution in [2.75, 3.05) is 25.5 Å². The number of rotatable bonds is 9. The number of nitrogens with zero attached hydrogens (tertiary/aromatic N) is 1. The lowest BCUT2D eigenvalue weighted by molar-refractivity contribution is -0.138. The standard InChI is InChI=1S/C22H29N3O3.ClH/c1-4-14-25(15-20(26)24-18-12-8-9-13-19(18)28-3)22(27)16(2)21(23)17-10-6-5-7-11-17;/h5-13,16,21H,4,14-15,23H2,1-3H3,(H,24,26);1H. The lowest BCUT2D eigenvalue weighted by Crippen LogP contribution is -2.43. The van der Waals surface area contributed by atoms with Crippen molar-refractivity contribution >= 4 is 29.9 Å². The molecule has 0 spiro atoms. The molecule has 2 rings (SSSR count). The van der Waals surface area contributed by atoms with Crippen molar-refractivity contribution in [1.82, 2.24) is 4.90 Å². The molecular weight excluding hydrogens is 390 g/mol. The van der Waals surface area contributed by atoms with E-state index in [-0.39, 0.29) is 30.8 Å². The van der Waals surface area contributed by atoms with E-state index in [1.165, 1.54) is 0 Å². The van der Waals surface area contributed by atoms with E-state index in [1.807, 2.05) is 49.4 Å². The molecule has 0 aliphatic heterocycles. The molecule has 2 amide bonds. The highest BCUT2D eigenvalue weighted by molar-refractivity contribution is 5.96. The topological polar surface area (TPSA) is 84.7 Å². The van der Waals surface area contributed by atoms with Crippen LogP contribution in [0.25, 0.3) is 0 Å². The molecule has 158 valence electrons. The lowest BCUT2D eigenvalue weighted by Gasteiger charge is -2.28. The zero-order chi connectivity index (χ0) is 20.5. The minimum Gasteiger partial charge on any atom is -0.495 e. The Hall–Kier alpha value is -2.57. The Labute approximate surface area is 178 Å². The third kappa shape index (κ3) is 6.76. The van der Waals surface area contributed by atoms with Crippen LogP contribution in [0.5, 0.6) is 5.75 Å². The number of hydrogen-bond donors (Lipinski definition) is 2. The third-order valence-electron chi connectivity index (χ3n) is 4.63. The highest BCUT2D eigenvalue weighted by atomic mass is 35.5. The van der Waals surface area contributed by atoms with Crippen LogP contribution in [0.3, 0.4) is 0 Å². The monoisotopic (exact) mass is 419 g/mol. The Morgan fingerprint density at radius 2 is 1.72 bits per heavy atom. The van der Waals surface area contributed by atoms with Crippen LogP contribution in [0, 0.1) is 5.92 Å². The van der Waals surface area contributed by atoms with Gasteiger partial charge in [-0.15, -0.1) is 12.4 Å². The zero-order valence-corrected chi connectivity index (χ0v) is 17.9. The molecule has 2 aromatic carbocycles. The molecule has 3 N–H and O–H groups in total. The van der Waals surface area contributed by atoms with Crippen LogP contribution >= 0.6 is 12.4 Å². The second-order valence-electron chi connectivity index (χ2n) is 6.73. The van der Waals surface area contributed by atoms with Gasteiger partial charge >= 0.3 is 0 Å². The molecule has 0 radical (unpaired) electrons. The molecule has 0 aliphatic rings. The normalized spacial score (nSPS) is 12.3. The van der Waals surface area contributed by atoms with Gasteiger partial charge in [-0.25, -0.2) is 0 Å². The van der Waals surface area contributed by atoms with Gasteiger partial charge in [0.2, 0.25) is 11.8 Å². The van der Waals surface area contributed by atoms with Crippen molar-refractivity contribution in [2.45, 2.75) is 26.3 Å². The Balaban J connectivity index is 0.00000420. The number of benzene rings is 2. The first-order valence-electron chi connectivity index (χ1n) is 9.50. The Bertz CT molecular complexity index is 786. The number of amides is 2. The molecule has 7 heteroatoms. The minimum absolute atomic E-state index is 0. The fraction of sp³-hybridized carbons (Fsp3) is 0.364. The van der Waals surface area contributed by atoms with Gasteiger partial charge in [-0.2, -0.15) is 0 Å². The summed E-state index contributed by atoms with van der Waals surface area (Å²) in [5.74, 6) is -0.267. The highest BCUT2D eigenvalue weighted by Gasteiger charge is 2.27. The van der Waals surface area contributed by atoms with E-state index in [4.69, 9.17) is 10.5 Å². The largest absolute Gasteiger partial charge is 0.495 e. The van der Waals surface area contributed by atoms with E-state index in [2.05, 4.69) is 5.32 Å². The van der Waals surface area contributed by atoms with Gasteiger partial charge < -0.3 is 20.7 Å². The number of carbonyl (C=O) groups excluding carboxylic acids is 2. The molecule has 2 atom stereocenters. The Morgan fingerprint density at radius 3 is 2.34 bits per heavy atom. The SMILES string of the molecule is CCCN(CC(=O)Nc1ccccc1OC)C(=O)C(C)C(N)c1ccccc1.Cl. The van der Waals surface area contributed by atoms with Crippen LogP contribution in [0.4, 0.5) is 5.69 Å². The summed E-state index contributed by atoms with van der Waals surface area (Å²) in [6.45, 7) is 4.24. The number of hydrogen-bond acceptors (Lipinski definition) is 4. The van der Waals surface area contributed by atoms with E-state index in [0.29, 0.717) is 18.0 Å². The number of carbonyl (C=O) groups is 2. The van der Waals surface area contributed by atoms with Crippen LogP contribution in [-0.2, 0) is 9.59 Å². The van der Waals surface area contributed by atoms with E-state index in [1.54, 1.807) is 31.1 Å². The first-order chi connectivity index (χ1) is 13.5. The van der Waals surface area contributed by atoms with Gasteiger partial charge in [0, 0.05) is 12.6 Å². The molecule has 0 aromatic heterocycles. The van der Waals surface area contributed by atoms with Crippen LogP contribution in [-0.4, -0.2) is 36.9 Å². The van der Waals surface area contributed by atoms with Crippen molar-refractivity contribution in [3.05, 3.63) is 60.2 Å². The maximum absolute atomic E-state index is 13.0. The van der Waals surface area contributed by atoms with Crippen LogP contribution in [0.15, 0.2) is 54.6 Å². The molecule has 6 nitrogen and oxygen atoms in total. The number of nitrogens with two attached hydrogens (primary N) is 1. The maximum atomic E-state index is 13.0. The maximum Gasteiger partial charge on any atom is 0.244 e. The van der Waals surface area contributed by atoms with Gasteiger partial charge in [0.1, 0.15) is 5.75 Å². The van der Waals surface area contributed by atoms with Gasteiger partial charge in [0.05, 0.1) is 25.3 Å². The number of para-hydroxylation sites is 2. The predicted molar refractivity (Wildman–Crippen MR) is 118 cm³/mol. The summed E-state index contributed by atoms with van der Waals surface area (Å²) in [7, 11) is 1.55. The highest BCUT2D eigenvalue weighted by Crippen LogP contribution is 2.24. The molecule has 2 unspecified atom stereocenters.